The van der Waals surface area contributed by atoms with E-state index in [9.17, 15) is 12.8 Å². The van der Waals surface area contributed by atoms with Crippen molar-refractivity contribution in [2.45, 2.75) is 18.4 Å². The molecule has 0 radical (unpaired) electrons. The van der Waals surface area contributed by atoms with Crippen LogP contribution < -0.4 is 5.73 Å². The van der Waals surface area contributed by atoms with E-state index in [1.807, 2.05) is 17.5 Å². The normalized spacial score (nSPS) is 12.0. The van der Waals surface area contributed by atoms with E-state index >= 15 is 0 Å². The second-order valence-electron chi connectivity index (χ2n) is 4.31. The highest BCUT2D eigenvalue weighted by molar-refractivity contribution is 9.10. The molecule has 1 heterocycles. The number of thiophene rings is 1. The Bertz CT molecular complexity index is 733. The van der Waals surface area contributed by atoms with Crippen LogP contribution >= 0.6 is 27.3 Å². The van der Waals surface area contributed by atoms with Gasteiger partial charge in [0.15, 0.2) is 0 Å². The molecule has 2 N–H and O–H groups in total. The molecule has 0 atom stereocenters. The lowest BCUT2D eigenvalue weighted by atomic mass is 10.3. The average molecular weight is 393 g/mol. The second-order valence-corrected chi connectivity index (χ2v) is 8.11. The summed E-state index contributed by atoms with van der Waals surface area (Å²) in [6, 6.07) is 5.95. The summed E-state index contributed by atoms with van der Waals surface area (Å²) in [5.74, 6) is -0.590. The van der Waals surface area contributed by atoms with Gasteiger partial charge in [0, 0.05) is 18.0 Å². The van der Waals surface area contributed by atoms with Gasteiger partial charge in [0.25, 0.3) is 0 Å². The highest BCUT2D eigenvalue weighted by atomic mass is 79.9. The highest BCUT2D eigenvalue weighted by Gasteiger charge is 2.26. The van der Waals surface area contributed by atoms with E-state index in [0.717, 1.165) is 10.9 Å². The van der Waals surface area contributed by atoms with E-state index in [2.05, 4.69) is 15.9 Å². The molecule has 2 rings (SSSR count). The van der Waals surface area contributed by atoms with Crippen LogP contribution in [0.25, 0.3) is 0 Å². The Kier molecular flexibility index (Phi) is 5.03. The minimum atomic E-state index is -3.78. The summed E-state index contributed by atoms with van der Waals surface area (Å²) < 4.78 is 40.2. The standard InChI is InChI=1S/C13H14BrFN2O2S2/c1-2-17(8-9-4-3-5-20-9)21(18,19)13-6-10(14)11(15)7-12(13)16/h3-7H,2,8,16H2,1H3. The largest absolute Gasteiger partial charge is 0.398 e. The number of nitrogens with zero attached hydrogens (tertiary/aromatic N) is 1. The first-order chi connectivity index (χ1) is 9.86. The number of nitrogens with two attached hydrogens (primary N) is 1. The second kappa shape index (κ2) is 6.43. The number of halogens is 2. The number of benzene rings is 1. The first kappa shape index (κ1) is 16.4. The maximum Gasteiger partial charge on any atom is 0.245 e. The predicted octanol–water partition coefficient (Wildman–Crippen LogP) is 3.44. The van der Waals surface area contributed by atoms with Gasteiger partial charge >= 0.3 is 0 Å². The van der Waals surface area contributed by atoms with Crippen LogP contribution in [0.5, 0.6) is 0 Å². The summed E-state index contributed by atoms with van der Waals surface area (Å²) >= 11 is 4.47. The summed E-state index contributed by atoms with van der Waals surface area (Å²) in [5, 5.41) is 1.89. The van der Waals surface area contributed by atoms with E-state index in [1.54, 1.807) is 6.92 Å². The Labute approximate surface area is 135 Å². The van der Waals surface area contributed by atoms with Crippen LogP contribution in [-0.4, -0.2) is 19.3 Å². The molecule has 1 aromatic heterocycles. The van der Waals surface area contributed by atoms with Crippen molar-refractivity contribution >= 4 is 43.0 Å². The number of rotatable bonds is 5. The molecule has 0 aliphatic rings. The van der Waals surface area contributed by atoms with Crippen molar-refractivity contribution in [1.82, 2.24) is 4.31 Å². The molecule has 0 saturated carbocycles. The molecule has 0 bridgehead atoms. The van der Waals surface area contributed by atoms with Crippen molar-refractivity contribution < 1.29 is 12.8 Å². The Hall–Kier alpha value is -0.960. The quantitative estimate of drug-likeness (QED) is 0.792. The number of hydrogen-bond donors (Lipinski definition) is 1. The summed E-state index contributed by atoms with van der Waals surface area (Å²) in [6.45, 7) is 2.32. The van der Waals surface area contributed by atoms with Gasteiger partial charge in [-0.1, -0.05) is 13.0 Å². The predicted molar refractivity (Wildman–Crippen MR) is 86.1 cm³/mol. The van der Waals surface area contributed by atoms with Crippen LogP contribution in [0.2, 0.25) is 0 Å². The Morgan fingerprint density at radius 2 is 2.14 bits per heavy atom. The molecule has 0 aliphatic carbocycles. The molecule has 8 heteroatoms. The molecule has 0 fully saturated rings. The minimum absolute atomic E-state index is 0.0717. The zero-order chi connectivity index (χ0) is 15.6. The molecule has 0 spiro atoms. The first-order valence-corrected chi connectivity index (χ1v) is 9.24. The van der Waals surface area contributed by atoms with E-state index in [4.69, 9.17) is 5.73 Å². The lowest BCUT2D eigenvalue weighted by Gasteiger charge is -2.21. The number of sulfonamides is 1. The number of anilines is 1. The molecule has 1 aromatic carbocycles. The highest BCUT2D eigenvalue weighted by Crippen LogP contribution is 2.29. The third-order valence-corrected chi connectivity index (χ3v) is 6.38. The van der Waals surface area contributed by atoms with Gasteiger partial charge in [-0.15, -0.1) is 11.3 Å². The van der Waals surface area contributed by atoms with Gasteiger partial charge in [-0.2, -0.15) is 4.31 Å². The molecule has 4 nitrogen and oxygen atoms in total. The van der Waals surface area contributed by atoms with Gasteiger partial charge in [-0.25, -0.2) is 12.8 Å². The molecular weight excluding hydrogens is 379 g/mol. The monoisotopic (exact) mass is 392 g/mol. The third-order valence-electron chi connectivity index (χ3n) is 2.94. The van der Waals surface area contributed by atoms with Crippen LogP contribution in [0, 0.1) is 5.82 Å². The molecule has 0 amide bonds. The summed E-state index contributed by atoms with van der Waals surface area (Å²) in [6.07, 6.45) is 0. The molecule has 0 saturated heterocycles. The van der Waals surface area contributed by atoms with Gasteiger partial charge in [0.1, 0.15) is 10.7 Å². The summed E-state index contributed by atoms with van der Waals surface area (Å²) in [5.41, 5.74) is 5.58. The van der Waals surface area contributed by atoms with Gasteiger partial charge in [-0.05, 0) is 39.5 Å². The molecular formula is C13H14BrFN2O2S2. The van der Waals surface area contributed by atoms with Crippen molar-refractivity contribution in [2.24, 2.45) is 0 Å². The van der Waals surface area contributed by atoms with Gasteiger partial charge in [0.05, 0.1) is 10.2 Å². The van der Waals surface area contributed by atoms with E-state index in [0.29, 0.717) is 6.54 Å². The van der Waals surface area contributed by atoms with Gasteiger partial charge in [0.2, 0.25) is 10.0 Å². The maximum absolute atomic E-state index is 13.4. The SMILES string of the molecule is CCN(Cc1cccs1)S(=O)(=O)c1cc(Br)c(F)cc1N. The fraction of sp³-hybridized carbons (Fsp3) is 0.231. The average Bonchev–Trinajstić information content (AvgIpc) is 2.92. The Balaban J connectivity index is 2.42. The third kappa shape index (κ3) is 3.45. The molecule has 0 unspecified atom stereocenters. The Morgan fingerprint density at radius 1 is 1.43 bits per heavy atom. The molecule has 2 aromatic rings. The smallest absolute Gasteiger partial charge is 0.245 e. The van der Waals surface area contributed by atoms with Crippen molar-refractivity contribution in [2.75, 3.05) is 12.3 Å². The lowest BCUT2D eigenvalue weighted by molar-refractivity contribution is 0.426. The minimum Gasteiger partial charge on any atom is -0.398 e. The Morgan fingerprint density at radius 3 is 2.71 bits per heavy atom. The van der Waals surface area contributed by atoms with Crippen LogP contribution in [0.4, 0.5) is 10.1 Å². The fourth-order valence-corrected chi connectivity index (χ4v) is 4.70. The number of nitrogen functional groups attached to an aromatic ring is 1. The summed E-state index contributed by atoms with van der Waals surface area (Å²) in [7, 11) is -3.78. The van der Waals surface area contributed by atoms with Crippen molar-refractivity contribution in [3.63, 3.8) is 0 Å². The molecule has 21 heavy (non-hydrogen) atoms. The van der Waals surface area contributed by atoms with E-state index in [1.165, 1.54) is 21.7 Å². The molecule has 0 aliphatic heterocycles. The van der Waals surface area contributed by atoms with Crippen LogP contribution in [0.1, 0.15) is 11.8 Å². The van der Waals surface area contributed by atoms with Gasteiger partial charge < -0.3 is 5.73 Å². The van der Waals surface area contributed by atoms with Crippen LogP contribution in [-0.2, 0) is 16.6 Å². The topological polar surface area (TPSA) is 63.4 Å². The fourth-order valence-electron chi connectivity index (χ4n) is 1.85. The van der Waals surface area contributed by atoms with Crippen molar-refractivity contribution in [3.8, 4) is 0 Å². The molecule has 114 valence electrons. The number of hydrogen-bond acceptors (Lipinski definition) is 4. The summed E-state index contributed by atoms with van der Waals surface area (Å²) in [4.78, 5) is 0.842. The lowest BCUT2D eigenvalue weighted by Crippen LogP contribution is -2.30. The van der Waals surface area contributed by atoms with E-state index < -0.39 is 15.8 Å². The van der Waals surface area contributed by atoms with Crippen molar-refractivity contribution in [3.05, 3.63) is 44.8 Å². The van der Waals surface area contributed by atoms with E-state index in [-0.39, 0.29) is 21.6 Å². The zero-order valence-electron chi connectivity index (χ0n) is 11.2. The maximum atomic E-state index is 13.4. The van der Waals surface area contributed by atoms with Crippen LogP contribution in [0.15, 0.2) is 39.0 Å². The van der Waals surface area contributed by atoms with Gasteiger partial charge in [-0.3, -0.25) is 0 Å². The first-order valence-electron chi connectivity index (χ1n) is 6.13. The zero-order valence-corrected chi connectivity index (χ0v) is 14.4. The van der Waals surface area contributed by atoms with Crippen molar-refractivity contribution in [1.29, 1.82) is 0 Å². The van der Waals surface area contributed by atoms with Crippen LogP contribution in [0.3, 0.4) is 0 Å².